The Labute approximate surface area is 133 Å². The van der Waals surface area contributed by atoms with Crippen molar-refractivity contribution in [3.63, 3.8) is 0 Å². The summed E-state index contributed by atoms with van der Waals surface area (Å²) in [6, 6.07) is 7.57. The van der Waals surface area contributed by atoms with E-state index in [0.29, 0.717) is 11.8 Å². The van der Waals surface area contributed by atoms with Crippen LogP contribution in [-0.2, 0) is 9.53 Å². The average molecular weight is 321 g/mol. The van der Waals surface area contributed by atoms with Gasteiger partial charge < -0.3 is 9.47 Å². The molecule has 0 saturated carbocycles. The summed E-state index contributed by atoms with van der Waals surface area (Å²) >= 11 is 1.29. The number of hydrogen-bond acceptors (Lipinski definition) is 6. The van der Waals surface area contributed by atoms with E-state index in [4.69, 9.17) is 9.47 Å². The fourth-order valence-electron chi connectivity index (χ4n) is 1.81. The van der Waals surface area contributed by atoms with Crippen LogP contribution in [0.5, 0.6) is 5.75 Å². The Bertz CT molecular complexity index is 616. The Balaban J connectivity index is 2.02. The second-order valence-electron chi connectivity index (χ2n) is 4.52. The first kappa shape index (κ1) is 16.4. The van der Waals surface area contributed by atoms with E-state index in [1.165, 1.54) is 11.8 Å². The van der Waals surface area contributed by atoms with Gasteiger partial charge in [-0.2, -0.15) is 0 Å². The zero-order valence-electron chi connectivity index (χ0n) is 12.7. The quantitative estimate of drug-likeness (QED) is 0.423. The van der Waals surface area contributed by atoms with E-state index in [1.54, 1.807) is 18.0 Å². The molecule has 0 aliphatic heterocycles. The van der Waals surface area contributed by atoms with E-state index >= 15 is 0 Å². The molecule has 0 amide bonds. The first-order valence-electron chi connectivity index (χ1n) is 7.08. The number of esters is 1. The van der Waals surface area contributed by atoms with Gasteiger partial charge in [-0.1, -0.05) is 37.2 Å². The second-order valence-corrected chi connectivity index (χ2v) is 5.46. The molecular weight excluding hydrogens is 302 g/mol. The molecular formula is C15H19N3O3S. The Morgan fingerprint density at radius 2 is 2.18 bits per heavy atom. The predicted octanol–water partition coefficient (Wildman–Crippen LogP) is 2.71. The molecule has 0 aliphatic rings. The first-order valence-corrected chi connectivity index (χ1v) is 8.06. The maximum atomic E-state index is 11.7. The molecule has 1 aromatic carbocycles. The summed E-state index contributed by atoms with van der Waals surface area (Å²) in [4.78, 5) is 11.7. The van der Waals surface area contributed by atoms with E-state index in [1.807, 2.05) is 24.3 Å². The fraction of sp³-hybridized carbons (Fsp3) is 0.400. The van der Waals surface area contributed by atoms with Crippen LogP contribution in [0.2, 0.25) is 0 Å². The number of methoxy groups -OCH3 is 1. The number of benzene rings is 1. The van der Waals surface area contributed by atoms with Gasteiger partial charge in [0.25, 0.3) is 0 Å². The molecule has 0 saturated heterocycles. The summed E-state index contributed by atoms with van der Waals surface area (Å²) in [6.07, 6.45) is 3.49. The minimum Gasteiger partial charge on any atom is -0.495 e. The summed E-state index contributed by atoms with van der Waals surface area (Å²) in [7, 11) is 1.61. The molecule has 0 fully saturated rings. The molecule has 0 bridgehead atoms. The normalized spacial score (nSPS) is 10.5. The van der Waals surface area contributed by atoms with E-state index in [-0.39, 0.29) is 11.7 Å². The van der Waals surface area contributed by atoms with Crippen LogP contribution >= 0.6 is 11.8 Å². The van der Waals surface area contributed by atoms with Gasteiger partial charge in [-0.3, -0.25) is 9.36 Å². The third-order valence-corrected chi connectivity index (χ3v) is 3.86. The number of ether oxygens (including phenoxy) is 2. The van der Waals surface area contributed by atoms with Crippen LogP contribution in [0, 0.1) is 0 Å². The molecule has 6 nitrogen and oxygen atoms in total. The van der Waals surface area contributed by atoms with Crippen LogP contribution in [0.3, 0.4) is 0 Å². The highest BCUT2D eigenvalue weighted by molar-refractivity contribution is 7.99. The smallest absolute Gasteiger partial charge is 0.316 e. The number of hydrogen-bond donors (Lipinski definition) is 0. The van der Waals surface area contributed by atoms with Crippen LogP contribution in [-0.4, -0.2) is 40.2 Å². The summed E-state index contributed by atoms with van der Waals surface area (Å²) in [5, 5.41) is 8.58. The molecule has 118 valence electrons. The van der Waals surface area contributed by atoms with Crippen molar-refractivity contribution < 1.29 is 14.3 Å². The van der Waals surface area contributed by atoms with Crippen molar-refractivity contribution in [2.45, 2.75) is 24.9 Å². The number of nitrogens with zero attached hydrogens (tertiary/aromatic N) is 3. The van der Waals surface area contributed by atoms with Gasteiger partial charge >= 0.3 is 5.97 Å². The molecule has 0 spiro atoms. The third-order valence-electron chi connectivity index (χ3n) is 2.94. The molecule has 0 N–H and O–H groups in total. The van der Waals surface area contributed by atoms with Gasteiger partial charge in [-0.25, -0.2) is 0 Å². The highest BCUT2D eigenvalue weighted by Crippen LogP contribution is 2.26. The molecule has 7 heteroatoms. The topological polar surface area (TPSA) is 66.2 Å². The van der Waals surface area contributed by atoms with Crippen LogP contribution in [0.4, 0.5) is 0 Å². The van der Waals surface area contributed by atoms with Gasteiger partial charge in [0.1, 0.15) is 12.1 Å². The van der Waals surface area contributed by atoms with Crippen LogP contribution in [0.15, 0.2) is 35.7 Å². The van der Waals surface area contributed by atoms with Gasteiger partial charge in [0, 0.05) is 0 Å². The van der Waals surface area contributed by atoms with Crippen molar-refractivity contribution in [3.05, 3.63) is 30.6 Å². The van der Waals surface area contributed by atoms with Crippen molar-refractivity contribution in [1.29, 1.82) is 0 Å². The highest BCUT2D eigenvalue weighted by atomic mass is 32.2. The number of para-hydroxylation sites is 2. The zero-order valence-corrected chi connectivity index (χ0v) is 13.5. The van der Waals surface area contributed by atoms with Gasteiger partial charge in [-0.15, -0.1) is 10.2 Å². The Morgan fingerprint density at radius 1 is 1.36 bits per heavy atom. The summed E-state index contributed by atoms with van der Waals surface area (Å²) in [6.45, 7) is 2.52. The SMILES string of the molecule is CCCCOC(=O)CSc1nncn1-c1ccccc1OC. The maximum Gasteiger partial charge on any atom is 0.316 e. The number of rotatable bonds is 8. The number of carbonyl (C=O) groups excluding carboxylic acids is 1. The van der Waals surface area contributed by atoms with E-state index in [9.17, 15) is 4.79 Å². The lowest BCUT2D eigenvalue weighted by atomic mass is 10.3. The summed E-state index contributed by atoms with van der Waals surface area (Å²) < 4.78 is 12.3. The van der Waals surface area contributed by atoms with Crippen molar-refractivity contribution >= 4 is 17.7 Å². The van der Waals surface area contributed by atoms with Crippen molar-refractivity contribution in [2.75, 3.05) is 19.5 Å². The maximum absolute atomic E-state index is 11.7. The fourth-order valence-corrected chi connectivity index (χ4v) is 2.53. The summed E-state index contributed by atoms with van der Waals surface area (Å²) in [5.74, 6) is 0.681. The van der Waals surface area contributed by atoms with Crippen molar-refractivity contribution in [3.8, 4) is 11.4 Å². The average Bonchev–Trinajstić information content (AvgIpc) is 3.01. The molecule has 0 atom stereocenters. The molecule has 0 aliphatic carbocycles. The van der Waals surface area contributed by atoms with E-state index in [0.717, 1.165) is 24.3 Å². The Hall–Kier alpha value is -2.02. The minimum atomic E-state index is -0.243. The first-order chi connectivity index (χ1) is 10.8. The Kier molecular flexibility index (Phi) is 6.27. The molecule has 1 aromatic heterocycles. The minimum absolute atomic E-state index is 0.206. The third kappa shape index (κ3) is 4.24. The molecule has 22 heavy (non-hydrogen) atoms. The molecule has 2 rings (SSSR count). The lowest BCUT2D eigenvalue weighted by Gasteiger charge is -2.10. The zero-order chi connectivity index (χ0) is 15.8. The van der Waals surface area contributed by atoms with Gasteiger partial charge in [-0.05, 0) is 18.6 Å². The van der Waals surface area contributed by atoms with Gasteiger partial charge in [0.15, 0.2) is 5.16 Å². The van der Waals surface area contributed by atoms with E-state index < -0.39 is 0 Å². The lowest BCUT2D eigenvalue weighted by molar-refractivity contribution is -0.140. The molecule has 1 heterocycles. The molecule has 0 radical (unpaired) electrons. The number of aromatic nitrogens is 3. The standard InChI is InChI=1S/C15H19N3O3S/c1-3-4-9-21-14(19)10-22-15-17-16-11-18(15)12-7-5-6-8-13(12)20-2/h5-8,11H,3-4,9-10H2,1-2H3. The Morgan fingerprint density at radius 3 is 2.95 bits per heavy atom. The largest absolute Gasteiger partial charge is 0.495 e. The number of unbranched alkanes of at least 4 members (excludes halogenated alkanes) is 1. The predicted molar refractivity (Wildman–Crippen MR) is 84.5 cm³/mol. The number of carbonyl (C=O) groups is 1. The summed E-state index contributed by atoms with van der Waals surface area (Å²) in [5.41, 5.74) is 0.830. The highest BCUT2D eigenvalue weighted by Gasteiger charge is 2.13. The molecule has 2 aromatic rings. The second kappa shape index (κ2) is 8.43. The molecule has 0 unspecified atom stereocenters. The van der Waals surface area contributed by atoms with Gasteiger partial charge in [0.05, 0.1) is 25.2 Å². The number of thioether (sulfide) groups is 1. The lowest BCUT2D eigenvalue weighted by Crippen LogP contribution is -2.09. The van der Waals surface area contributed by atoms with Crippen molar-refractivity contribution in [1.82, 2.24) is 14.8 Å². The van der Waals surface area contributed by atoms with E-state index in [2.05, 4.69) is 17.1 Å². The van der Waals surface area contributed by atoms with Gasteiger partial charge in [0.2, 0.25) is 0 Å². The van der Waals surface area contributed by atoms with Crippen LogP contribution in [0.1, 0.15) is 19.8 Å². The van der Waals surface area contributed by atoms with Crippen molar-refractivity contribution in [2.24, 2.45) is 0 Å². The van der Waals surface area contributed by atoms with Crippen LogP contribution in [0.25, 0.3) is 5.69 Å². The monoisotopic (exact) mass is 321 g/mol. The van der Waals surface area contributed by atoms with Crippen LogP contribution < -0.4 is 4.74 Å².